The minimum Gasteiger partial charge on any atom is -0.385 e. The molecule has 1 N–H and O–H groups in total. The summed E-state index contributed by atoms with van der Waals surface area (Å²) in [6.07, 6.45) is 1.32. The van der Waals surface area contributed by atoms with Crippen molar-refractivity contribution in [2.75, 3.05) is 26.0 Å². The second-order valence-electron chi connectivity index (χ2n) is 4.64. The van der Waals surface area contributed by atoms with Gasteiger partial charge in [0.05, 0.1) is 10.6 Å². The van der Waals surface area contributed by atoms with Crippen molar-refractivity contribution in [1.29, 1.82) is 0 Å². The molecule has 0 saturated heterocycles. The van der Waals surface area contributed by atoms with Crippen LogP contribution in [-0.4, -0.2) is 34.4 Å². The predicted molar refractivity (Wildman–Crippen MR) is 70.3 cm³/mol. The second-order valence-corrected chi connectivity index (χ2v) is 6.72. The molecule has 1 unspecified atom stereocenters. The Morgan fingerprint density at radius 2 is 2.26 bits per heavy atom. The van der Waals surface area contributed by atoms with Crippen molar-refractivity contribution in [3.8, 4) is 0 Å². The molecule has 6 heteroatoms. The molecule has 1 aromatic carbocycles. The molecule has 0 fully saturated rings. The molecule has 4 nitrogen and oxygen atoms in total. The lowest BCUT2D eigenvalue weighted by Gasteiger charge is -2.26. The average Bonchev–Trinajstić information content (AvgIpc) is 2.36. The van der Waals surface area contributed by atoms with E-state index in [1.807, 2.05) is 0 Å². The highest BCUT2D eigenvalue weighted by Crippen LogP contribution is 2.32. The summed E-state index contributed by atoms with van der Waals surface area (Å²) in [6.45, 7) is 1.36. The number of fused-ring (bicyclic) bond motifs is 1. The summed E-state index contributed by atoms with van der Waals surface area (Å²) >= 11 is 0. The van der Waals surface area contributed by atoms with Crippen molar-refractivity contribution >= 4 is 9.84 Å². The van der Waals surface area contributed by atoms with Crippen molar-refractivity contribution in [3.05, 3.63) is 29.6 Å². The summed E-state index contributed by atoms with van der Waals surface area (Å²) in [4.78, 5) is 0.254. The van der Waals surface area contributed by atoms with Gasteiger partial charge in [0, 0.05) is 19.8 Å². The first-order chi connectivity index (χ1) is 9.04. The van der Waals surface area contributed by atoms with Crippen LogP contribution in [0.2, 0.25) is 0 Å². The Bertz CT molecular complexity index is 545. The number of hydrogen-bond acceptors (Lipinski definition) is 4. The van der Waals surface area contributed by atoms with E-state index in [4.69, 9.17) is 4.74 Å². The van der Waals surface area contributed by atoms with Crippen LogP contribution < -0.4 is 5.32 Å². The highest BCUT2D eigenvalue weighted by atomic mass is 32.2. The number of hydrogen-bond donors (Lipinski definition) is 1. The quantitative estimate of drug-likeness (QED) is 0.661. The van der Waals surface area contributed by atoms with Gasteiger partial charge in [-0.25, -0.2) is 12.8 Å². The number of benzene rings is 1. The number of ether oxygens (including phenoxy) is 1. The summed E-state index contributed by atoms with van der Waals surface area (Å²) < 4.78 is 42.1. The van der Waals surface area contributed by atoms with Crippen LogP contribution in [0.15, 0.2) is 23.1 Å². The summed E-state index contributed by atoms with van der Waals surface area (Å²) in [5, 5.41) is 3.27. The summed E-state index contributed by atoms with van der Waals surface area (Å²) in [5.74, 6) is -0.298. The molecule has 0 aromatic heterocycles. The lowest BCUT2D eigenvalue weighted by Crippen LogP contribution is -2.30. The second kappa shape index (κ2) is 5.98. The van der Waals surface area contributed by atoms with Crippen molar-refractivity contribution < 1.29 is 17.5 Å². The molecule has 1 aliphatic rings. The van der Waals surface area contributed by atoms with E-state index in [1.165, 1.54) is 18.2 Å². The van der Waals surface area contributed by atoms with Crippen molar-refractivity contribution in [2.24, 2.45) is 0 Å². The first kappa shape index (κ1) is 14.4. The Kier molecular flexibility index (Phi) is 4.54. The number of halogens is 1. The molecular weight excluding hydrogens is 269 g/mol. The molecule has 0 aliphatic carbocycles. The van der Waals surface area contributed by atoms with Crippen LogP contribution in [0.25, 0.3) is 0 Å². The van der Waals surface area contributed by atoms with E-state index in [0.29, 0.717) is 25.1 Å². The third-order valence-electron chi connectivity index (χ3n) is 3.27. The van der Waals surface area contributed by atoms with E-state index in [2.05, 4.69) is 5.32 Å². The largest absolute Gasteiger partial charge is 0.385 e. The fourth-order valence-corrected chi connectivity index (χ4v) is 3.92. The van der Waals surface area contributed by atoms with Gasteiger partial charge in [0.1, 0.15) is 5.82 Å². The van der Waals surface area contributed by atoms with E-state index < -0.39 is 15.7 Å². The summed E-state index contributed by atoms with van der Waals surface area (Å²) in [5.41, 5.74) is 0.545. The zero-order valence-electron chi connectivity index (χ0n) is 10.9. The number of methoxy groups -OCH3 is 1. The molecule has 0 radical (unpaired) electrons. The molecule has 0 saturated carbocycles. The van der Waals surface area contributed by atoms with Gasteiger partial charge in [-0.05, 0) is 43.1 Å². The summed E-state index contributed by atoms with van der Waals surface area (Å²) in [6, 6.07) is 3.78. The van der Waals surface area contributed by atoms with Crippen LogP contribution in [0, 0.1) is 5.82 Å². The molecule has 0 bridgehead atoms. The summed E-state index contributed by atoms with van der Waals surface area (Å²) in [7, 11) is -1.62. The lowest BCUT2D eigenvalue weighted by molar-refractivity contribution is 0.193. The predicted octanol–water partition coefficient (Wildman–Crippen LogP) is 1.67. The van der Waals surface area contributed by atoms with Gasteiger partial charge in [-0.1, -0.05) is 0 Å². The number of rotatable bonds is 5. The van der Waals surface area contributed by atoms with Gasteiger partial charge in [-0.2, -0.15) is 0 Å². The molecule has 2 rings (SSSR count). The van der Waals surface area contributed by atoms with E-state index in [1.54, 1.807) is 7.11 Å². The Labute approximate surface area is 112 Å². The van der Waals surface area contributed by atoms with Gasteiger partial charge in [0.15, 0.2) is 9.84 Å². The maximum Gasteiger partial charge on any atom is 0.178 e. The zero-order valence-corrected chi connectivity index (χ0v) is 11.7. The topological polar surface area (TPSA) is 55.4 Å². The first-order valence-electron chi connectivity index (χ1n) is 6.29. The van der Waals surface area contributed by atoms with E-state index >= 15 is 0 Å². The van der Waals surface area contributed by atoms with Gasteiger partial charge < -0.3 is 10.1 Å². The van der Waals surface area contributed by atoms with Crippen LogP contribution in [0.5, 0.6) is 0 Å². The van der Waals surface area contributed by atoms with Gasteiger partial charge in [0.25, 0.3) is 0 Å². The van der Waals surface area contributed by atoms with Gasteiger partial charge in [0.2, 0.25) is 0 Å². The third-order valence-corrected chi connectivity index (χ3v) is 5.09. The SMILES string of the molecule is COCCCNC1CCS(=O)(=O)c2ccc(F)cc21. The Hall–Kier alpha value is -0.980. The fourth-order valence-electron chi connectivity index (χ4n) is 2.32. The van der Waals surface area contributed by atoms with Crippen LogP contribution in [0.3, 0.4) is 0 Å². The van der Waals surface area contributed by atoms with Gasteiger partial charge >= 0.3 is 0 Å². The molecule has 19 heavy (non-hydrogen) atoms. The first-order valence-corrected chi connectivity index (χ1v) is 7.94. The van der Waals surface area contributed by atoms with Crippen LogP contribution in [-0.2, 0) is 14.6 Å². The lowest BCUT2D eigenvalue weighted by atomic mass is 10.0. The van der Waals surface area contributed by atoms with Crippen molar-refractivity contribution in [1.82, 2.24) is 5.32 Å². The monoisotopic (exact) mass is 287 g/mol. The van der Waals surface area contributed by atoms with Crippen LogP contribution in [0.1, 0.15) is 24.4 Å². The minimum absolute atomic E-state index is 0.105. The zero-order chi connectivity index (χ0) is 13.9. The smallest absolute Gasteiger partial charge is 0.178 e. The minimum atomic E-state index is -3.26. The Balaban J connectivity index is 2.18. The Morgan fingerprint density at radius 3 is 3.00 bits per heavy atom. The normalized spacial score (nSPS) is 21.1. The van der Waals surface area contributed by atoms with E-state index in [-0.39, 0.29) is 16.7 Å². The van der Waals surface area contributed by atoms with Crippen LogP contribution in [0.4, 0.5) is 4.39 Å². The highest BCUT2D eigenvalue weighted by Gasteiger charge is 2.30. The standard InChI is InChI=1S/C13H18FNO3S/c1-18-7-2-6-15-12-5-8-19(16,17)13-4-3-10(14)9-11(12)13/h3-4,9,12,15H,2,5-8H2,1H3. The fraction of sp³-hybridized carbons (Fsp3) is 0.538. The Morgan fingerprint density at radius 1 is 1.47 bits per heavy atom. The molecule has 1 atom stereocenters. The van der Waals surface area contributed by atoms with Gasteiger partial charge in [-0.3, -0.25) is 0 Å². The maximum absolute atomic E-state index is 13.3. The molecule has 0 amide bonds. The molecule has 1 aliphatic heterocycles. The third kappa shape index (κ3) is 3.32. The molecule has 106 valence electrons. The number of sulfone groups is 1. The van der Waals surface area contributed by atoms with Gasteiger partial charge in [-0.15, -0.1) is 0 Å². The van der Waals surface area contributed by atoms with E-state index in [9.17, 15) is 12.8 Å². The average molecular weight is 287 g/mol. The molecule has 1 heterocycles. The molecular formula is C13H18FNO3S. The van der Waals surface area contributed by atoms with Crippen molar-refractivity contribution in [3.63, 3.8) is 0 Å². The van der Waals surface area contributed by atoms with E-state index in [0.717, 1.165) is 6.42 Å². The molecule has 0 spiro atoms. The number of nitrogens with one attached hydrogen (secondary N) is 1. The van der Waals surface area contributed by atoms with Crippen molar-refractivity contribution in [2.45, 2.75) is 23.8 Å². The molecule has 1 aromatic rings. The highest BCUT2D eigenvalue weighted by molar-refractivity contribution is 7.91. The van der Waals surface area contributed by atoms with Crippen LogP contribution >= 0.6 is 0 Å². The maximum atomic E-state index is 13.3.